The van der Waals surface area contributed by atoms with Crippen LogP contribution in [-0.2, 0) is 60.3 Å². The first-order chi connectivity index (χ1) is 16.2. The molecule has 2 rings (SSSR count). The van der Waals surface area contributed by atoms with Crippen molar-refractivity contribution in [2.75, 3.05) is 35.0 Å². The van der Waals surface area contributed by atoms with Gasteiger partial charge in [-0.05, 0) is 41.8 Å². The number of esters is 1. The van der Waals surface area contributed by atoms with Gasteiger partial charge < -0.3 is 33.9 Å². The summed E-state index contributed by atoms with van der Waals surface area (Å²) >= 11 is 0. The molecule has 0 atom stereocenters. The van der Waals surface area contributed by atoms with E-state index >= 15 is 0 Å². The third-order valence-electron chi connectivity index (χ3n) is 5.92. The highest BCUT2D eigenvalue weighted by Gasteiger charge is 2.32. The number of hydrogen-bond acceptors (Lipinski definition) is 8. The minimum Gasteiger partial charge on any atom is -0.507 e. The molecule has 0 unspecified atom stereocenters. The van der Waals surface area contributed by atoms with Crippen molar-refractivity contribution in [3.63, 3.8) is 0 Å². The van der Waals surface area contributed by atoms with E-state index < -0.39 is 5.41 Å². The van der Waals surface area contributed by atoms with E-state index in [2.05, 4.69) is 0 Å². The zero-order valence-electron chi connectivity index (χ0n) is 20.9. The summed E-state index contributed by atoms with van der Waals surface area (Å²) in [5.41, 5.74) is 3.60. The molecule has 8 nitrogen and oxygen atoms in total. The van der Waals surface area contributed by atoms with Gasteiger partial charge in [-0.15, -0.1) is 0 Å². The first kappa shape index (κ1) is 27.6. The fourth-order valence-electron chi connectivity index (χ4n) is 4.07. The van der Waals surface area contributed by atoms with Gasteiger partial charge in [0.2, 0.25) is 0 Å². The van der Waals surface area contributed by atoms with Crippen LogP contribution in [-0.4, -0.2) is 51.2 Å². The lowest BCUT2D eigenvalue weighted by atomic mass is 9.72. The maximum absolute atomic E-state index is 11.5. The van der Waals surface area contributed by atoms with Crippen LogP contribution in [0.2, 0.25) is 0 Å². The van der Waals surface area contributed by atoms with Crippen LogP contribution in [0.1, 0.15) is 53.6 Å². The van der Waals surface area contributed by atoms with Crippen LogP contribution in [0, 0.1) is 0 Å². The van der Waals surface area contributed by atoms with Crippen molar-refractivity contribution in [2.45, 2.75) is 52.1 Å². The van der Waals surface area contributed by atoms with Crippen LogP contribution in [0.4, 0.5) is 0 Å². The number of benzene rings is 2. The van der Waals surface area contributed by atoms with Crippen LogP contribution in [0.5, 0.6) is 11.5 Å². The lowest BCUT2D eigenvalue weighted by molar-refractivity contribution is -0.141. The summed E-state index contributed by atoms with van der Waals surface area (Å²) in [6, 6.07) is 7.57. The van der Waals surface area contributed by atoms with Crippen molar-refractivity contribution in [1.82, 2.24) is 0 Å². The van der Waals surface area contributed by atoms with E-state index in [4.69, 9.17) is 23.7 Å². The summed E-state index contributed by atoms with van der Waals surface area (Å²) in [5, 5.41) is 21.5. The zero-order valence-corrected chi connectivity index (χ0v) is 20.9. The Bertz CT molecular complexity index is 850. The monoisotopic (exact) mass is 476 g/mol. The second-order valence-electron chi connectivity index (χ2n) is 8.44. The van der Waals surface area contributed by atoms with E-state index in [1.54, 1.807) is 28.4 Å². The molecular formula is C26H36O8. The highest BCUT2D eigenvalue weighted by atomic mass is 16.5. The molecule has 188 valence electrons. The number of carbonyl (C=O) groups excluding carboxylic acids is 1. The van der Waals surface area contributed by atoms with Crippen molar-refractivity contribution < 1.29 is 38.7 Å². The normalized spacial score (nSPS) is 11.6. The third kappa shape index (κ3) is 6.48. The van der Waals surface area contributed by atoms with Gasteiger partial charge in [0.25, 0.3) is 0 Å². The topological polar surface area (TPSA) is 104 Å². The Labute approximate surface area is 201 Å². The fraction of sp³-hybridized carbons (Fsp3) is 0.500. The predicted molar refractivity (Wildman–Crippen MR) is 127 cm³/mol. The second kappa shape index (κ2) is 12.7. The average Bonchev–Trinajstić information content (AvgIpc) is 2.79. The lowest BCUT2D eigenvalue weighted by Gasteiger charge is -2.33. The van der Waals surface area contributed by atoms with E-state index in [9.17, 15) is 15.0 Å². The van der Waals surface area contributed by atoms with Crippen LogP contribution in [0.25, 0.3) is 0 Å². The number of phenols is 2. The molecule has 0 radical (unpaired) electrons. The van der Waals surface area contributed by atoms with E-state index in [1.807, 2.05) is 31.2 Å². The van der Waals surface area contributed by atoms with Gasteiger partial charge in [0, 0.05) is 63.0 Å². The quantitative estimate of drug-likeness (QED) is 0.419. The Morgan fingerprint density at radius 3 is 1.32 bits per heavy atom. The molecule has 0 bridgehead atoms. The smallest absolute Gasteiger partial charge is 0.302 e. The van der Waals surface area contributed by atoms with Gasteiger partial charge in [0.15, 0.2) is 0 Å². The van der Waals surface area contributed by atoms with Crippen LogP contribution in [0.15, 0.2) is 24.3 Å². The third-order valence-corrected chi connectivity index (χ3v) is 5.92. The molecule has 0 saturated heterocycles. The van der Waals surface area contributed by atoms with E-state index in [1.165, 1.54) is 6.92 Å². The van der Waals surface area contributed by atoms with Gasteiger partial charge in [-0.1, -0.05) is 6.92 Å². The predicted octanol–water partition coefficient (Wildman–Crippen LogP) is 3.94. The molecule has 0 aliphatic heterocycles. The first-order valence-electron chi connectivity index (χ1n) is 11.0. The molecule has 0 spiro atoms. The summed E-state index contributed by atoms with van der Waals surface area (Å²) < 4.78 is 26.5. The Balaban J connectivity index is 2.76. The number of methoxy groups -OCH3 is 4. The Morgan fingerprint density at radius 2 is 1.06 bits per heavy atom. The van der Waals surface area contributed by atoms with Crippen LogP contribution < -0.4 is 0 Å². The van der Waals surface area contributed by atoms with Crippen molar-refractivity contribution in [1.29, 1.82) is 0 Å². The summed E-state index contributed by atoms with van der Waals surface area (Å²) in [7, 11) is 6.26. The molecule has 0 aliphatic carbocycles. The van der Waals surface area contributed by atoms with Crippen molar-refractivity contribution in [2.24, 2.45) is 0 Å². The molecule has 0 aromatic heterocycles. The molecule has 0 fully saturated rings. The number of phenolic OH excluding ortho intramolecular Hbond substituents is 2. The summed E-state index contributed by atoms with van der Waals surface area (Å²) in [4.78, 5) is 11.5. The van der Waals surface area contributed by atoms with E-state index in [-0.39, 0.29) is 50.5 Å². The minimum atomic E-state index is -0.660. The second-order valence-corrected chi connectivity index (χ2v) is 8.44. The van der Waals surface area contributed by atoms with Gasteiger partial charge in [0.05, 0.1) is 33.0 Å². The summed E-state index contributed by atoms with van der Waals surface area (Å²) in [6.07, 6.45) is 0.458. The first-order valence-corrected chi connectivity index (χ1v) is 11.0. The fourth-order valence-corrected chi connectivity index (χ4v) is 4.07. The molecule has 2 aromatic rings. The van der Waals surface area contributed by atoms with Crippen molar-refractivity contribution >= 4 is 5.97 Å². The van der Waals surface area contributed by atoms with Crippen LogP contribution >= 0.6 is 0 Å². The van der Waals surface area contributed by atoms with E-state index in [0.29, 0.717) is 28.7 Å². The lowest BCUT2D eigenvalue weighted by Crippen LogP contribution is -2.27. The average molecular weight is 477 g/mol. The van der Waals surface area contributed by atoms with Crippen molar-refractivity contribution in [3.05, 3.63) is 57.6 Å². The number of hydrogen-bond donors (Lipinski definition) is 2. The summed E-state index contributed by atoms with van der Waals surface area (Å²) in [6.45, 7) is 4.47. The molecule has 0 aliphatic rings. The highest BCUT2D eigenvalue weighted by molar-refractivity contribution is 5.65. The van der Waals surface area contributed by atoms with Gasteiger partial charge in [-0.3, -0.25) is 4.79 Å². The van der Waals surface area contributed by atoms with Crippen molar-refractivity contribution in [3.8, 4) is 11.5 Å². The largest absolute Gasteiger partial charge is 0.507 e. The van der Waals surface area contributed by atoms with Gasteiger partial charge in [-0.2, -0.15) is 0 Å². The standard InChI is InChI=1S/C26H36O8/c1-17(27)34-8-7-26(2,22-9-18(13-30-3)24(28)19(10-22)14-31-4)23-11-20(15-32-5)25(29)21(12-23)16-33-6/h9-12,28-29H,7-8,13-16H2,1-6H3. The van der Waals surface area contributed by atoms with Gasteiger partial charge in [0.1, 0.15) is 11.5 Å². The molecule has 2 N–H and O–H groups in total. The molecule has 8 heteroatoms. The zero-order chi connectivity index (χ0) is 25.3. The maximum Gasteiger partial charge on any atom is 0.302 e. The molecule has 0 heterocycles. The molecular weight excluding hydrogens is 440 g/mol. The highest BCUT2D eigenvalue weighted by Crippen LogP contribution is 2.41. The Morgan fingerprint density at radius 1 is 0.735 bits per heavy atom. The van der Waals surface area contributed by atoms with Gasteiger partial charge in [-0.25, -0.2) is 0 Å². The van der Waals surface area contributed by atoms with E-state index in [0.717, 1.165) is 11.1 Å². The number of rotatable bonds is 13. The SMILES string of the molecule is COCc1cc(C(C)(CCOC(C)=O)c2cc(COC)c(O)c(COC)c2)cc(COC)c1O. The molecule has 0 amide bonds. The minimum absolute atomic E-state index is 0.126. The molecule has 34 heavy (non-hydrogen) atoms. The number of carbonyl (C=O) groups is 1. The maximum atomic E-state index is 11.5. The Hall–Kier alpha value is -2.65. The number of aromatic hydroxyl groups is 2. The number of ether oxygens (including phenoxy) is 5. The molecule has 0 saturated carbocycles. The summed E-state index contributed by atoms with van der Waals surface area (Å²) in [5.74, 6) is -0.111. The van der Waals surface area contributed by atoms with Gasteiger partial charge >= 0.3 is 5.97 Å². The Kier molecular flexibility index (Phi) is 10.3. The van der Waals surface area contributed by atoms with Crippen LogP contribution in [0.3, 0.4) is 0 Å². The molecule has 2 aromatic carbocycles.